The number of sulfonamides is 2. The number of nitrogens with one attached hydrogen (secondary N) is 1. The van der Waals surface area contributed by atoms with Crippen molar-refractivity contribution in [2.45, 2.75) is 37.1 Å². The molecule has 13 heteroatoms. The van der Waals surface area contributed by atoms with Crippen molar-refractivity contribution in [3.63, 3.8) is 0 Å². The SMILES string of the molecule is COc1ccc(N([C@H](C)C(=O)NCCOc2ccc(S(=O)(=O)N3CCCCC3)cc2)S(C)(=O)=O)cc1Cl. The first kappa shape index (κ1) is 29.0. The molecule has 0 saturated carbocycles. The number of anilines is 1. The highest BCUT2D eigenvalue weighted by molar-refractivity contribution is 7.92. The van der Waals surface area contributed by atoms with Crippen LogP contribution in [0.4, 0.5) is 5.69 Å². The Morgan fingerprint density at radius 3 is 2.30 bits per heavy atom. The van der Waals surface area contributed by atoms with Gasteiger partial charge in [0.1, 0.15) is 24.1 Å². The van der Waals surface area contributed by atoms with Crippen LogP contribution < -0.4 is 19.1 Å². The average Bonchev–Trinajstić information content (AvgIpc) is 2.86. The van der Waals surface area contributed by atoms with Crippen molar-refractivity contribution < 1.29 is 31.1 Å². The zero-order chi connectivity index (χ0) is 27.2. The van der Waals surface area contributed by atoms with Crippen molar-refractivity contribution >= 4 is 43.2 Å². The Labute approximate surface area is 223 Å². The number of ether oxygens (including phenoxy) is 2. The van der Waals surface area contributed by atoms with Crippen LogP contribution in [-0.2, 0) is 24.8 Å². The molecule has 2 aromatic carbocycles. The van der Waals surface area contributed by atoms with Crippen LogP contribution in [0.5, 0.6) is 11.5 Å². The molecule has 1 atom stereocenters. The fourth-order valence-corrected chi connectivity index (χ4v) is 6.99. The molecule has 3 rings (SSSR count). The second-order valence-corrected chi connectivity index (χ2v) is 12.8. The zero-order valence-electron chi connectivity index (χ0n) is 21.0. The number of rotatable bonds is 11. The maximum Gasteiger partial charge on any atom is 0.243 e. The number of nitrogens with zero attached hydrogens (tertiary/aromatic N) is 2. The minimum Gasteiger partial charge on any atom is -0.495 e. The lowest BCUT2D eigenvalue weighted by Crippen LogP contribution is -2.48. The second-order valence-electron chi connectivity index (χ2n) is 8.63. The Morgan fingerprint density at radius 1 is 1.08 bits per heavy atom. The quantitative estimate of drug-likeness (QED) is 0.410. The van der Waals surface area contributed by atoms with E-state index >= 15 is 0 Å². The summed E-state index contributed by atoms with van der Waals surface area (Å²) in [4.78, 5) is 12.9. The molecule has 1 saturated heterocycles. The summed E-state index contributed by atoms with van der Waals surface area (Å²) in [6.45, 7) is 2.74. The largest absolute Gasteiger partial charge is 0.495 e. The van der Waals surface area contributed by atoms with E-state index in [2.05, 4.69) is 5.32 Å². The van der Waals surface area contributed by atoms with Crippen LogP contribution in [0.25, 0.3) is 0 Å². The van der Waals surface area contributed by atoms with E-state index in [0.717, 1.165) is 29.8 Å². The van der Waals surface area contributed by atoms with Gasteiger partial charge in [0.25, 0.3) is 0 Å². The molecule has 204 valence electrons. The van der Waals surface area contributed by atoms with E-state index in [1.165, 1.54) is 48.7 Å². The number of carbonyl (C=O) groups excluding carboxylic acids is 1. The monoisotopic (exact) mass is 573 g/mol. The molecule has 0 bridgehead atoms. The molecule has 1 fully saturated rings. The van der Waals surface area contributed by atoms with Crippen LogP contribution in [0.1, 0.15) is 26.2 Å². The van der Waals surface area contributed by atoms with Crippen LogP contribution in [0.15, 0.2) is 47.4 Å². The van der Waals surface area contributed by atoms with Gasteiger partial charge in [-0.3, -0.25) is 9.10 Å². The number of hydrogen-bond acceptors (Lipinski definition) is 7. The average molecular weight is 574 g/mol. The Hall–Kier alpha value is -2.54. The minimum atomic E-state index is -3.81. The van der Waals surface area contributed by atoms with E-state index in [-0.39, 0.29) is 28.8 Å². The Balaban J connectivity index is 1.56. The van der Waals surface area contributed by atoms with E-state index in [0.29, 0.717) is 24.6 Å². The standard InChI is InChI=1S/C24H32ClN3O7S2/c1-18(28(36(3,30)31)19-7-12-23(34-2)22(25)17-19)24(29)26-13-16-35-20-8-10-21(11-9-20)37(32,33)27-14-5-4-6-15-27/h7-12,17-18H,4-6,13-16H2,1-3H3,(H,26,29)/t18-/m1/s1. The summed E-state index contributed by atoms with van der Waals surface area (Å²) in [6.07, 6.45) is 3.77. The highest BCUT2D eigenvalue weighted by atomic mass is 35.5. The first-order valence-electron chi connectivity index (χ1n) is 11.8. The molecule has 0 radical (unpaired) electrons. The topological polar surface area (TPSA) is 122 Å². The lowest BCUT2D eigenvalue weighted by molar-refractivity contribution is -0.121. The number of halogens is 1. The van der Waals surface area contributed by atoms with Crippen molar-refractivity contribution in [3.8, 4) is 11.5 Å². The Bertz CT molecular complexity index is 1300. The highest BCUT2D eigenvalue weighted by Gasteiger charge is 2.29. The van der Waals surface area contributed by atoms with Gasteiger partial charge in [-0.15, -0.1) is 0 Å². The molecule has 10 nitrogen and oxygen atoms in total. The van der Waals surface area contributed by atoms with Crippen LogP contribution in [-0.4, -0.2) is 72.7 Å². The predicted molar refractivity (Wildman–Crippen MR) is 142 cm³/mol. The van der Waals surface area contributed by atoms with Gasteiger partial charge < -0.3 is 14.8 Å². The van der Waals surface area contributed by atoms with Crippen molar-refractivity contribution in [1.29, 1.82) is 0 Å². The van der Waals surface area contributed by atoms with E-state index in [4.69, 9.17) is 21.1 Å². The number of carbonyl (C=O) groups is 1. The molecule has 0 aromatic heterocycles. The number of benzene rings is 2. The third-order valence-electron chi connectivity index (χ3n) is 5.92. The molecule has 1 N–H and O–H groups in total. The first-order chi connectivity index (χ1) is 17.4. The summed E-state index contributed by atoms with van der Waals surface area (Å²) < 4.78 is 63.6. The molecule has 1 aliphatic heterocycles. The van der Waals surface area contributed by atoms with E-state index < -0.39 is 32.0 Å². The first-order valence-corrected chi connectivity index (χ1v) is 15.5. The van der Waals surface area contributed by atoms with Crippen LogP contribution >= 0.6 is 11.6 Å². The fourth-order valence-electron chi connectivity index (χ4n) is 4.05. The lowest BCUT2D eigenvalue weighted by atomic mass is 10.2. The van der Waals surface area contributed by atoms with Crippen molar-refractivity contribution in [2.24, 2.45) is 0 Å². The van der Waals surface area contributed by atoms with E-state index in [1.54, 1.807) is 12.1 Å². The number of methoxy groups -OCH3 is 1. The van der Waals surface area contributed by atoms with Crippen LogP contribution in [0.2, 0.25) is 5.02 Å². The number of amides is 1. The number of hydrogen-bond donors (Lipinski definition) is 1. The molecule has 1 heterocycles. The van der Waals surface area contributed by atoms with Crippen molar-refractivity contribution in [3.05, 3.63) is 47.5 Å². The summed E-state index contributed by atoms with van der Waals surface area (Å²) in [6, 6.07) is 9.54. The minimum absolute atomic E-state index is 0.101. The Kier molecular flexibility index (Phi) is 9.68. The van der Waals surface area contributed by atoms with Gasteiger partial charge in [-0.2, -0.15) is 4.31 Å². The van der Waals surface area contributed by atoms with Gasteiger partial charge in [-0.1, -0.05) is 18.0 Å². The van der Waals surface area contributed by atoms with E-state index in [9.17, 15) is 21.6 Å². The smallest absolute Gasteiger partial charge is 0.243 e. The van der Waals surface area contributed by atoms with Crippen molar-refractivity contribution in [1.82, 2.24) is 9.62 Å². The van der Waals surface area contributed by atoms with Gasteiger partial charge in [0.05, 0.1) is 35.5 Å². The molecule has 37 heavy (non-hydrogen) atoms. The van der Waals surface area contributed by atoms with Gasteiger partial charge in [0.15, 0.2) is 0 Å². The third-order valence-corrected chi connectivity index (χ3v) is 9.37. The van der Waals surface area contributed by atoms with Crippen LogP contribution in [0.3, 0.4) is 0 Å². The molecular weight excluding hydrogens is 542 g/mol. The number of piperidine rings is 1. The maximum absolute atomic E-state index is 12.8. The second kappa shape index (κ2) is 12.3. The summed E-state index contributed by atoms with van der Waals surface area (Å²) >= 11 is 6.14. The predicted octanol–water partition coefficient (Wildman–Crippen LogP) is 2.87. The normalized spacial score (nSPS) is 15.6. The van der Waals surface area contributed by atoms with Crippen LogP contribution in [0, 0.1) is 0 Å². The molecule has 1 amide bonds. The van der Waals surface area contributed by atoms with Gasteiger partial charge in [0, 0.05) is 13.1 Å². The molecule has 0 unspecified atom stereocenters. The molecule has 0 spiro atoms. The van der Waals surface area contributed by atoms with Gasteiger partial charge >= 0.3 is 0 Å². The van der Waals surface area contributed by atoms with Crippen molar-refractivity contribution in [2.75, 3.05) is 43.9 Å². The highest BCUT2D eigenvalue weighted by Crippen LogP contribution is 2.31. The summed E-state index contributed by atoms with van der Waals surface area (Å²) in [5.41, 5.74) is 0.229. The third kappa shape index (κ3) is 7.28. The fraction of sp³-hybridized carbons (Fsp3) is 0.458. The summed E-state index contributed by atoms with van der Waals surface area (Å²) in [5, 5.41) is 2.87. The summed E-state index contributed by atoms with van der Waals surface area (Å²) in [7, 11) is -5.89. The van der Waals surface area contributed by atoms with E-state index in [1.807, 2.05) is 0 Å². The zero-order valence-corrected chi connectivity index (χ0v) is 23.4. The summed E-state index contributed by atoms with van der Waals surface area (Å²) in [5.74, 6) is 0.305. The molecular formula is C24H32ClN3O7S2. The maximum atomic E-state index is 12.8. The van der Waals surface area contributed by atoms with Gasteiger partial charge in [-0.25, -0.2) is 16.8 Å². The molecule has 1 aliphatic rings. The lowest BCUT2D eigenvalue weighted by Gasteiger charge is -2.28. The van der Waals surface area contributed by atoms with Gasteiger partial charge in [-0.05, 0) is 62.2 Å². The molecule has 2 aromatic rings. The van der Waals surface area contributed by atoms with Gasteiger partial charge in [0.2, 0.25) is 26.0 Å². The Morgan fingerprint density at radius 2 is 1.73 bits per heavy atom. The molecule has 0 aliphatic carbocycles.